The lowest BCUT2D eigenvalue weighted by molar-refractivity contribution is -2.00. The van der Waals surface area contributed by atoms with E-state index in [0.29, 0.717) is 0 Å². The van der Waals surface area contributed by atoms with Gasteiger partial charge in [-0.05, 0) is 12.1 Å². The van der Waals surface area contributed by atoms with Gasteiger partial charge in [-0.2, -0.15) is 4.57 Å². The number of rotatable bonds is 1. The normalized spacial score (nSPS) is 10.6. The second-order valence-corrected chi connectivity index (χ2v) is 4.71. The van der Waals surface area contributed by atoms with Gasteiger partial charge in [0.05, 0.1) is 10.9 Å². The van der Waals surface area contributed by atoms with E-state index in [9.17, 15) is 0 Å². The zero-order valence-electron chi connectivity index (χ0n) is 8.91. The van der Waals surface area contributed by atoms with Crippen LogP contribution in [0.1, 0.15) is 0 Å². The van der Waals surface area contributed by atoms with Crippen LogP contribution in [0, 0.1) is 10.2 Å². The minimum absolute atomic E-state index is 1.29. The van der Waals surface area contributed by atoms with Crippen molar-refractivity contribution in [2.45, 2.75) is 0 Å². The summed E-state index contributed by atoms with van der Waals surface area (Å²) in [6.45, 7) is 0. The van der Waals surface area contributed by atoms with E-state index in [1.54, 1.807) is 11.3 Å². The first kappa shape index (κ1) is 14.0. The smallest absolute Gasteiger partial charge is 0.222 e. The van der Waals surface area contributed by atoms with Crippen LogP contribution >= 0.6 is 11.3 Å². The van der Waals surface area contributed by atoms with Gasteiger partial charge >= 0.3 is 0 Å². The van der Waals surface area contributed by atoms with Crippen molar-refractivity contribution >= 4 is 11.3 Å². The molecule has 2 rings (SSSR count). The maximum Gasteiger partial charge on any atom is 0.268 e. The van der Waals surface area contributed by atoms with Gasteiger partial charge in [-0.15, -0.1) is 10.2 Å². The number of hydrogen-bond donors (Lipinski definition) is 0. The molecule has 0 saturated carbocycles. The quantitative estimate of drug-likeness (QED) is 0.537. The summed E-state index contributed by atoms with van der Waals surface area (Å²) < 4.78 is 36.1. The van der Waals surface area contributed by atoms with Gasteiger partial charge in [0.15, 0.2) is 6.20 Å². The molecule has 0 spiro atoms. The fraction of sp³-hybridized carbons (Fsp3) is 0.100. The van der Waals surface area contributed by atoms with Gasteiger partial charge in [-0.3, -0.25) is 0 Å². The number of halogens is 1. The molecule has 5 nitrogen and oxygen atoms in total. The summed E-state index contributed by atoms with van der Waals surface area (Å²) in [5, 5.41) is 3.40. The van der Waals surface area contributed by atoms with Crippen LogP contribution in [0.15, 0.2) is 41.9 Å². The Morgan fingerprint density at radius 1 is 1.06 bits per heavy atom. The molecule has 0 fully saturated rings. The predicted molar refractivity (Wildman–Crippen MR) is 50.9 cm³/mol. The summed E-state index contributed by atoms with van der Waals surface area (Å²) in [4.78, 5) is 0. The van der Waals surface area contributed by atoms with Gasteiger partial charge in [0.25, 0.3) is 5.01 Å². The van der Waals surface area contributed by atoms with Gasteiger partial charge in [-0.25, -0.2) is 18.6 Å². The maximum absolute atomic E-state index is 8.49. The molecular weight excluding hydrogens is 266 g/mol. The lowest BCUT2D eigenvalue weighted by atomic mass is 10.2. The predicted octanol–water partition coefficient (Wildman–Crippen LogP) is -2.52. The largest absolute Gasteiger partial charge is 0.268 e. The van der Waals surface area contributed by atoms with E-state index in [4.69, 9.17) is 18.6 Å². The third kappa shape index (κ3) is 5.73. The second kappa shape index (κ2) is 6.06. The van der Waals surface area contributed by atoms with Crippen molar-refractivity contribution in [2.75, 3.05) is 0 Å². The average Bonchev–Trinajstić information content (AvgIpc) is 2.63. The third-order valence-corrected chi connectivity index (χ3v) is 2.81. The summed E-state index contributed by atoms with van der Waals surface area (Å²) in [6, 6.07) is 10.4. The van der Waals surface area contributed by atoms with Gasteiger partial charge in [-0.1, -0.05) is 29.5 Å². The first-order valence-electron chi connectivity index (χ1n) is 4.48. The molecule has 0 amide bonds. The Balaban J connectivity index is 0.000000249. The number of aryl methyl sites for hydroxylation is 1. The van der Waals surface area contributed by atoms with Crippen LogP contribution < -0.4 is 23.2 Å². The third-order valence-electron chi connectivity index (χ3n) is 1.81. The van der Waals surface area contributed by atoms with E-state index in [2.05, 4.69) is 47.5 Å². The fourth-order valence-corrected chi connectivity index (χ4v) is 2.06. The van der Waals surface area contributed by atoms with Gasteiger partial charge in [0, 0.05) is 0 Å². The van der Waals surface area contributed by atoms with Crippen molar-refractivity contribution < 1.29 is 33.4 Å². The van der Waals surface area contributed by atoms with Gasteiger partial charge in [0.2, 0.25) is 0 Å². The molecule has 0 bridgehead atoms. The molecule has 0 N–H and O–H groups in total. The van der Waals surface area contributed by atoms with Crippen LogP contribution in [0.4, 0.5) is 0 Å². The Morgan fingerprint density at radius 3 is 2.00 bits per heavy atom. The summed E-state index contributed by atoms with van der Waals surface area (Å²) in [7, 11) is -2.88. The molecular formula is C10H10ClNO4S. The number of aromatic nitrogens is 1. The molecule has 0 aliphatic rings. The molecule has 0 saturated heterocycles. The minimum atomic E-state index is -4.94. The van der Waals surface area contributed by atoms with Crippen molar-refractivity contribution in [1.29, 1.82) is 0 Å². The van der Waals surface area contributed by atoms with Crippen molar-refractivity contribution in [3.8, 4) is 10.6 Å². The average molecular weight is 276 g/mol. The molecule has 1 heterocycles. The van der Waals surface area contributed by atoms with Gasteiger partial charge in [0.1, 0.15) is 7.05 Å². The highest BCUT2D eigenvalue weighted by molar-refractivity contribution is 7.12. The minimum Gasteiger partial charge on any atom is -0.222 e. The highest BCUT2D eigenvalue weighted by Gasteiger charge is 2.08. The lowest BCUT2D eigenvalue weighted by Gasteiger charge is -2.17. The Kier molecular flexibility index (Phi) is 5.01. The number of benzene rings is 1. The van der Waals surface area contributed by atoms with E-state index < -0.39 is 10.2 Å². The van der Waals surface area contributed by atoms with Crippen LogP contribution in [-0.2, 0) is 7.05 Å². The summed E-state index contributed by atoms with van der Waals surface area (Å²) in [6.07, 6.45) is 2.08. The van der Waals surface area contributed by atoms with Crippen molar-refractivity contribution in [3.05, 3.63) is 41.9 Å². The molecule has 0 aliphatic carbocycles. The van der Waals surface area contributed by atoms with E-state index in [1.807, 2.05) is 6.07 Å². The molecule has 92 valence electrons. The van der Waals surface area contributed by atoms with Crippen LogP contribution in [0.5, 0.6) is 0 Å². The Hall–Kier alpha value is -1.02. The van der Waals surface area contributed by atoms with Crippen LogP contribution in [0.25, 0.3) is 10.6 Å². The van der Waals surface area contributed by atoms with E-state index in [0.717, 1.165) is 0 Å². The SMILES string of the molecule is C[n+]1ccsc1-c1ccccc1.[O-][Cl+3]([O-])([O-])[O-]. The van der Waals surface area contributed by atoms with Crippen LogP contribution in [0.2, 0.25) is 0 Å². The Bertz CT molecular complexity index is 449. The maximum atomic E-state index is 8.49. The standard InChI is InChI=1S/C10H10NS.ClHO4/c1-11-7-8-12-10(11)9-5-3-2-4-6-9;2-1(3,4)5/h2-8H,1H3;(H,2,3,4,5)/q+1;/p-1. The lowest BCUT2D eigenvalue weighted by Crippen LogP contribution is -2.68. The zero-order valence-corrected chi connectivity index (χ0v) is 10.5. The molecule has 0 aliphatic heterocycles. The highest BCUT2D eigenvalue weighted by Crippen LogP contribution is 2.18. The molecule has 1 aromatic heterocycles. The van der Waals surface area contributed by atoms with Crippen LogP contribution in [-0.4, -0.2) is 0 Å². The van der Waals surface area contributed by atoms with Crippen molar-refractivity contribution in [3.63, 3.8) is 0 Å². The topological polar surface area (TPSA) is 96.1 Å². The molecule has 2 aromatic rings. The molecule has 0 radical (unpaired) electrons. The highest BCUT2D eigenvalue weighted by atomic mass is 35.7. The van der Waals surface area contributed by atoms with E-state index >= 15 is 0 Å². The molecule has 0 atom stereocenters. The first-order chi connectivity index (χ1) is 7.88. The number of thiazole rings is 1. The molecule has 17 heavy (non-hydrogen) atoms. The van der Waals surface area contributed by atoms with Crippen molar-refractivity contribution in [2.24, 2.45) is 7.05 Å². The Morgan fingerprint density at radius 2 is 1.59 bits per heavy atom. The molecule has 7 heteroatoms. The van der Waals surface area contributed by atoms with E-state index in [1.165, 1.54) is 10.6 Å². The van der Waals surface area contributed by atoms with E-state index in [-0.39, 0.29) is 0 Å². The van der Waals surface area contributed by atoms with Gasteiger partial charge < -0.3 is 0 Å². The number of hydrogen-bond acceptors (Lipinski definition) is 5. The fourth-order valence-electron chi connectivity index (χ4n) is 1.19. The Labute approximate surface area is 105 Å². The summed E-state index contributed by atoms with van der Waals surface area (Å²) in [5.74, 6) is 0. The van der Waals surface area contributed by atoms with Crippen LogP contribution in [0.3, 0.4) is 0 Å². The number of nitrogens with zero attached hydrogens (tertiary/aromatic N) is 1. The summed E-state index contributed by atoms with van der Waals surface area (Å²) in [5.41, 5.74) is 1.29. The second-order valence-electron chi connectivity index (χ2n) is 3.06. The monoisotopic (exact) mass is 275 g/mol. The first-order valence-corrected chi connectivity index (χ1v) is 6.59. The molecule has 1 aromatic carbocycles. The summed E-state index contributed by atoms with van der Waals surface area (Å²) >= 11 is 1.77. The zero-order chi connectivity index (χ0) is 12.9. The van der Waals surface area contributed by atoms with Crippen molar-refractivity contribution in [1.82, 2.24) is 0 Å². The molecule has 0 unspecified atom stereocenters.